The molecular formula is C18H21N5O2. The van der Waals surface area contributed by atoms with Gasteiger partial charge in [-0.15, -0.1) is 0 Å². The van der Waals surface area contributed by atoms with Gasteiger partial charge in [0.25, 0.3) is 0 Å². The Hall–Kier alpha value is -2.64. The summed E-state index contributed by atoms with van der Waals surface area (Å²) in [5, 5.41) is 0. The van der Waals surface area contributed by atoms with E-state index in [9.17, 15) is 0 Å². The molecule has 7 nitrogen and oxygen atoms in total. The molecule has 130 valence electrons. The third-order valence-electron chi connectivity index (χ3n) is 4.17. The van der Waals surface area contributed by atoms with Crippen molar-refractivity contribution in [1.82, 2.24) is 25.4 Å². The van der Waals surface area contributed by atoms with Gasteiger partial charge in [0, 0.05) is 25.1 Å². The van der Waals surface area contributed by atoms with Crippen LogP contribution in [0.3, 0.4) is 0 Å². The highest BCUT2D eigenvalue weighted by Gasteiger charge is 2.21. The largest absolute Gasteiger partial charge is 0.487 e. The van der Waals surface area contributed by atoms with Crippen LogP contribution in [0.15, 0.2) is 53.5 Å². The van der Waals surface area contributed by atoms with Gasteiger partial charge in [0.1, 0.15) is 17.6 Å². The molecule has 1 saturated heterocycles. The molecule has 2 unspecified atom stereocenters. The van der Waals surface area contributed by atoms with Crippen molar-refractivity contribution in [2.45, 2.75) is 32.0 Å². The van der Waals surface area contributed by atoms with Crippen molar-refractivity contribution in [2.24, 2.45) is 0 Å². The van der Waals surface area contributed by atoms with Crippen LogP contribution < -0.4 is 15.6 Å². The van der Waals surface area contributed by atoms with Crippen LogP contribution in [0.25, 0.3) is 11.6 Å². The van der Waals surface area contributed by atoms with Gasteiger partial charge in [0.05, 0.1) is 18.8 Å². The molecule has 0 aromatic carbocycles. The molecular weight excluding hydrogens is 318 g/mol. The van der Waals surface area contributed by atoms with Gasteiger partial charge in [0.15, 0.2) is 11.6 Å². The van der Waals surface area contributed by atoms with E-state index in [-0.39, 0.29) is 12.1 Å². The van der Waals surface area contributed by atoms with Crippen molar-refractivity contribution in [1.29, 1.82) is 0 Å². The molecule has 0 amide bonds. The molecule has 0 aliphatic carbocycles. The minimum absolute atomic E-state index is 0.0210. The molecule has 1 aliphatic rings. The maximum Gasteiger partial charge on any atom is 0.176 e. The minimum atomic E-state index is -0.0210. The summed E-state index contributed by atoms with van der Waals surface area (Å²) in [7, 11) is 0. The summed E-state index contributed by atoms with van der Waals surface area (Å²) in [5.41, 5.74) is 6.33. The first-order valence-corrected chi connectivity index (χ1v) is 8.46. The van der Waals surface area contributed by atoms with Crippen molar-refractivity contribution < 1.29 is 9.15 Å². The number of aromatic nitrogens is 3. The zero-order chi connectivity index (χ0) is 17.1. The van der Waals surface area contributed by atoms with Crippen LogP contribution >= 0.6 is 0 Å². The van der Waals surface area contributed by atoms with Crippen molar-refractivity contribution in [3.8, 4) is 17.3 Å². The average Bonchev–Trinajstić information content (AvgIpc) is 3.36. The van der Waals surface area contributed by atoms with Gasteiger partial charge >= 0.3 is 0 Å². The number of nitrogens with one attached hydrogen (secondary N) is 2. The number of hydrogen-bond acceptors (Lipinski definition) is 6. The second-order valence-corrected chi connectivity index (χ2v) is 6.13. The molecule has 0 bridgehead atoms. The van der Waals surface area contributed by atoms with Gasteiger partial charge in [-0.1, -0.05) is 0 Å². The quantitative estimate of drug-likeness (QED) is 0.719. The first kappa shape index (κ1) is 15.9. The SMILES string of the molecule is CC(Cn1ccnc1-c1ccc(C2CCNN2)o1)Oc1cccnc1. The monoisotopic (exact) mass is 339 g/mol. The van der Waals surface area contributed by atoms with Gasteiger partial charge in [0.2, 0.25) is 0 Å². The summed E-state index contributed by atoms with van der Waals surface area (Å²) in [6, 6.07) is 7.96. The summed E-state index contributed by atoms with van der Waals surface area (Å²) >= 11 is 0. The summed E-state index contributed by atoms with van der Waals surface area (Å²) in [5.74, 6) is 3.26. The molecule has 1 aliphatic heterocycles. The van der Waals surface area contributed by atoms with E-state index in [0.29, 0.717) is 6.54 Å². The molecule has 0 saturated carbocycles. The zero-order valence-corrected chi connectivity index (χ0v) is 14.1. The highest BCUT2D eigenvalue weighted by Crippen LogP contribution is 2.27. The first-order chi connectivity index (χ1) is 12.3. The topological polar surface area (TPSA) is 77.1 Å². The molecule has 4 heterocycles. The molecule has 7 heteroatoms. The van der Waals surface area contributed by atoms with E-state index in [0.717, 1.165) is 36.1 Å². The Kier molecular flexibility index (Phi) is 4.49. The van der Waals surface area contributed by atoms with Crippen LogP contribution in [0.4, 0.5) is 0 Å². The van der Waals surface area contributed by atoms with E-state index < -0.39 is 0 Å². The fourth-order valence-corrected chi connectivity index (χ4v) is 3.00. The Labute approximate surface area is 146 Å². The van der Waals surface area contributed by atoms with E-state index in [1.165, 1.54) is 0 Å². The Morgan fingerprint density at radius 2 is 2.32 bits per heavy atom. The Morgan fingerprint density at radius 3 is 3.12 bits per heavy atom. The zero-order valence-electron chi connectivity index (χ0n) is 14.1. The van der Waals surface area contributed by atoms with Crippen LogP contribution in [-0.2, 0) is 6.54 Å². The van der Waals surface area contributed by atoms with Gasteiger partial charge in [-0.25, -0.2) is 10.4 Å². The van der Waals surface area contributed by atoms with Crippen molar-refractivity contribution in [3.05, 3.63) is 54.8 Å². The Balaban J connectivity index is 1.47. The van der Waals surface area contributed by atoms with E-state index >= 15 is 0 Å². The molecule has 4 rings (SSSR count). The molecule has 2 atom stereocenters. The third-order valence-corrected chi connectivity index (χ3v) is 4.17. The number of hydrazine groups is 1. The van der Waals surface area contributed by atoms with Crippen LogP contribution in [0, 0.1) is 0 Å². The highest BCUT2D eigenvalue weighted by molar-refractivity contribution is 5.48. The molecule has 3 aromatic rings. The van der Waals surface area contributed by atoms with Gasteiger partial charge < -0.3 is 13.7 Å². The Morgan fingerprint density at radius 1 is 1.36 bits per heavy atom. The van der Waals surface area contributed by atoms with E-state index in [2.05, 4.69) is 20.8 Å². The van der Waals surface area contributed by atoms with E-state index in [4.69, 9.17) is 9.15 Å². The number of furan rings is 1. The number of ether oxygens (including phenoxy) is 1. The Bertz CT molecular complexity index is 808. The van der Waals surface area contributed by atoms with Gasteiger partial charge in [-0.05, 0) is 37.6 Å². The predicted octanol–water partition coefficient (Wildman–Crippen LogP) is 2.54. The maximum atomic E-state index is 6.02. The number of nitrogens with zero attached hydrogens (tertiary/aromatic N) is 3. The number of imidazole rings is 1. The van der Waals surface area contributed by atoms with E-state index in [1.54, 1.807) is 18.6 Å². The number of hydrogen-bond donors (Lipinski definition) is 2. The fraction of sp³-hybridized carbons (Fsp3) is 0.333. The van der Waals surface area contributed by atoms with Crippen LogP contribution in [-0.4, -0.2) is 27.2 Å². The fourth-order valence-electron chi connectivity index (χ4n) is 3.00. The lowest BCUT2D eigenvalue weighted by molar-refractivity contribution is 0.199. The molecule has 0 radical (unpaired) electrons. The number of pyridine rings is 1. The summed E-state index contributed by atoms with van der Waals surface area (Å²) in [4.78, 5) is 8.52. The van der Waals surface area contributed by atoms with Gasteiger partial charge in [-0.3, -0.25) is 10.4 Å². The predicted molar refractivity (Wildman–Crippen MR) is 92.8 cm³/mol. The number of rotatable bonds is 6. The van der Waals surface area contributed by atoms with Crippen LogP contribution in [0.5, 0.6) is 5.75 Å². The molecule has 3 aromatic heterocycles. The standard InChI is InChI=1S/C18H21N5O2/c1-13(24-14-3-2-7-19-11-14)12-23-10-9-20-18(23)17-5-4-16(25-17)15-6-8-21-22-15/h2-5,7,9-11,13,15,21-22H,6,8,12H2,1H3. The third kappa shape index (κ3) is 3.57. The van der Waals surface area contributed by atoms with Crippen LogP contribution in [0.1, 0.15) is 25.1 Å². The lowest BCUT2D eigenvalue weighted by Gasteiger charge is -2.16. The van der Waals surface area contributed by atoms with Crippen molar-refractivity contribution in [2.75, 3.05) is 6.54 Å². The first-order valence-electron chi connectivity index (χ1n) is 8.46. The lowest BCUT2D eigenvalue weighted by atomic mass is 10.2. The molecule has 0 spiro atoms. The molecule has 25 heavy (non-hydrogen) atoms. The summed E-state index contributed by atoms with van der Waals surface area (Å²) < 4.78 is 14.0. The smallest absolute Gasteiger partial charge is 0.176 e. The van der Waals surface area contributed by atoms with Crippen molar-refractivity contribution in [3.63, 3.8) is 0 Å². The summed E-state index contributed by atoms with van der Waals surface area (Å²) in [6.07, 6.45) is 8.16. The van der Waals surface area contributed by atoms with Gasteiger partial charge in [-0.2, -0.15) is 0 Å². The van der Waals surface area contributed by atoms with Crippen LogP contribution in [0.2, 0.25) is 0 Å². The maximum absolute atomic E-state index is 6.02. The minimum Gasteiger partial charge on any atom is -0.487 e. The normalized spacial score (nSPS) is 18.4. The lowest BCUT2D eigenvalue weighted by Crippen LogP contribution is -2.24. The molecule has 1 fully saturated rings. The van der Waals surface area contributed by atoms with E-state index in [1.807, 2.05) is 42.0 Å². The highest BCUT2D eigenvalue weighted by atomic mass is 16.5. The molecule has 2 N–H and O–H groups in total. The average molecular weight is 339 g/mol. The second kappa shape index (κ2) is 7.08. The second-order valence-electron chi connectivity index (χ2n) is 6.13. The van der Waals surface area contributed by atoms with Crippen molar-refractivity contribution >= 4 is 0 Å². The summed E-state index contributed by atoms with van der Waals surface area (Å²) in [6.45, 7) is 3.64.